The molecular formula is C23H26ClN3O2. The van der Waals surface area contributed by atoms with Gasteiger partial charge >= 0.3 is 0 Å². The van der Waals surface area contributed by atoms with Gasteiger partial charge in [-0.1, -0.05) is 41.9 Å². The maximum Gasteiger partial charge on any atom is 0.257 e. The molecule has 152 valence electrons. The van der Waals surface area contributed by atoms with E-state index >= 15 is 0 Å². The number of hydrogen-bond acceptors (Lipinski definition) is 4. The van der Waals surface area contributed by atoms with E-state index in [0.717, 1.165) is 48.5 Å². The van der Waals surface area contributed by atoms with Crippen LogP contribution in [0.25, 0.3) is 0 Å². The fraction of sp³-hybridized carbons (Fsp3) is 0.391. The Morgan fingerprint density at radius 2 is 1.86 bits per heavy atom. The highest BCUT2D eigenvalue weighted by Gasteiger charge is 2.34. The van der Waals surface area contributed by atoms with Gasteiger partial charge in [-0.3, -0.25) is 9.69 Å². The van der Waals surface area contributed by atoms with Crippen molar-refractivity contribution in [3.8, 4) is 5.75 Å². The van der Waals surface area contributed by atoms with Crippen molar-refractivity contribution in [2.75, 3.05) is 26.2 Å². The molecule has 2 heterocycles. The van der Waals surface area contributed by atoms with Gasteiger partial charge in [-0.25, -0.2) is 5.01 Å². The summed E-state index contributed by atoms with van der Waals surface area (Å²) in [5, 5.41) is 7.05. The van der Waals surface area contributed by atoms with E-state index in [-0.39, 0.29) is 11.9 Å². The van der Waals surface area contributed by atoms with E-state index in [0.29, 0.717) is 24.6 Å². The Kier molecular flexibility index (Phi) is 6.16. The molecule has 2 aliphatic heterocycles. The minimum Gasteiger partial charge on any atom is -0.494 e. The summed E-state index contributed by atoms with van der Waals surface area (Å²) in [5.74, 6) is 0.865. The number of carbonyl (C=O) groups excluding carboxylic acids is 1. The molecule has 0 bridgehead atoms. The standard InChI is InChI=1S/C23H26ClN3O2/c1-2-29-18-11-9-17(10-12-18)22-15-21(19-7-3-4-8-20(19)24)25-27(22)23(28)16-26-13-5-6-14-26/h3-4,7-12,22H,2,5-6,13-16H2,1H3/t22-/m0/s1. The number of ether oxygens (including phenoxy) is 1. The van der Waals surface area contributed by atoms with Crippen LogP contribution in [0.4, 0.5) is 0 Å². The Balaban J connectivity index is 1.61. The van der Waals surface area contributed by atoms with Crippen LogP contribution in [0, 0.1) is 0 Å². The van der Waals surface area contributed by atoms with E-state index < -0.39 is 0 Å². The lowest BCUT2D eigenvalue weighted by atomic mass is 9.98. The zero-order chi connectivity index (χ0) is 20.2. The van der Waals surface area contributed by atoms with Gasteiger partial charge in [-0.15, -0.1) is 0 Å². The summed E-state index contributed by atoms with van der Waals surface area (Å²) in [6.07, 6.45) is 2.96. The first-order chi connectivity index (χ1) is 14.2. The van der Waals surface area contributed by atoms with E-state index in [1.165, 1.54) is 0 Å². The van der Waals surface area contributed by atoms with Gasteiger partial charge in [0.25, 0.3) is 5.91 Å². The number of nitrogens with zero attached hydrogens (tertiary/aromatic N) is 3. The van der Waals surface area contributed by atoms with Crippen molar-refractivity contribution in [2.45, 2.75) is 32.2 Å². The van der Waals surface area contributed by atoms with Crippen molar-refractivity contribution < 1.29 is 9.53 Å². The summed E-state index contributed by atoms with van der Waals surface area (Å²) in [4.78, 5) is 15.3. The molecule has 2 aromatic carbocycles. The number of benzene rings is 2. The second-order valence-electron chi connectivity index (χ2n) is 7.47. The minimum absolute atomic E-state index is 0.0350. The van der Waals surface area contributed by atoms with E-state index in [1.807, 2.05) is 55.5 Å². The van der Waals surface area contributed by atoms with Crippen molar-refractivity contribution in [1.82, 2.24) is 9.91 Å². The zero-order valence-corrected chi connectivity index (χ0v) is 17.4. The van der Waals surface area contributed by atoms with Gasteiger partial charge < -0.3 is 4.74 Å². The van der Waals surface area contributed by atoms with Crippen LogP contribution in [0.1, 0.15) is 43.4 Å². The van der Waals surface area contributed by atoms with Crippen molar-refractivity contribution in [1.29, 1.82) is 0 Å². The van der Waals surface area contributed by atoms with Gasteiger partial charge in [-0.2, -0.15) is 5.10 Å². The van der Waals surface area contributed by atoms with Crippen LogP contribution in [-0.4, -0.2) is 47.8 Å². The molecule has 6 heteroatoms. The summed E-state index contributed by atoms with van der Waals surface area (Å²) in [7, 11) is 0. The number of hydrogen-bond donors (Lipinski definition) is 0. The van der Waals surface area contributed by atoms with Crippen LogP contribution in [0.3, 0.4) is 0 Å². The first-order valence-corrected chi connectivity index (χ1v) is 10.6. The van der Waals surface area contributed by atoms with E-state index in [9.17, 15) is 4.79 Å². The van der Waals surface area contributed by atoms with Gasteiger partial charge in [0.15, 0.2) is 0 Å². The van der Waals surface area contributed by atoms with E-state index in [2.05, 4.69) is 4.90 Å². The molecule has 2 aliphatic rings. The predicted molar refractivity (Wildman–Crippen MR) is 115 cm³/mol. The van der Waals surface area contributed by atoms with Crippen molar-refractivity contribution in [3.63, 3.8) is 0 Å². The highest BCUT2D eigenvalue weighted by Crippen LogP contribution is 2.35. The van der Waals surface area contributed by atoms with Gasteiger partial charge in [0.2, 0.25) is 0 Å². The maximum atomic E-state index is 13.1. The summed E-state index contributed by atoms with van der Waals surface area (Å²) in [6.45, 7) is 4.96. The lowest BCUT2D eigenvalue weighted by molar-refractivity contribution is -0.134. The second-order valence-corrected chi connectivity index (χ2v) is 7.88. The Hall–Kier alpha value is -2.37. The molecule has 1 atom stereocenters. The Morgan fingerprint density at radius 3 is 2.55 bits per heavy atom. The normalized spacial score (nSPS) is 19.4. The van der Waals surface area contributed by atoms with Crippen molar-refractivity contribution >= 4 is 23.2 Å². The Morgan fingerprint density at radius 1 is 1.14 bits per heavy atom. The molecule has 0 N–H and O–H groups in total. The molecule has 0 spiro atoms. The predicted octanol–water partition coefficient (Wildman–Crippen LogP) is 4.51. The molecule has 2 aromatic rings. The molecule has 4 rings (SSSR count). The Bertz CT molecular complexity index is 891. The lowest BCUT2D eigenvalue weighted by Crippen LogP contribution is -2.36. The SMILES string of the molecule is CCOc1ccc([C@@H]2CC(c3ccccc3Cl)=NN2C(=O)CN2CCCC2)cc1. The first kappa shape index (κ1) is 19.9. The van der Waals surface area contributed by atoms with Crippen molar-refractivity contribution in [2.24, 2.45) is 5.10 Å². The van der Waals surface area contributed by atoms with Crippen LogP contribution >= 0.6 is 11.6 Å². The highest BCUT2D eigenvalue weighted by atomic mass is 35.5. The van der Waals surface area contributed by atoms with Crippen LogP contribution in [0.15, 0.2) is 53.6 Å². The molecule has 1 saturated heterocycles. The Labute approximate surface area is 176 Å². The average Bonchev–Trinajstić information content (AvgIpc) is 3.39. The van der Waals surface area contributed by atoms with Crippen LogP contribution < -0.4 is 4.74 Å². The zero-order valence-electron chi connectivity index (χ0n) is 16.7. The topological polar surface area (TPSA) is 45.1 Å². The van der Waals surface area contributed by atoms with Gasteiger partial charge in [0.05, 0.1) is 24.9 Å². The van der Waals surface area contributed by atoms with Gasteiger partial charge in [-0.05, 0) is 56.6 Å². The number of carbonyl (C=O) groups is 1. The van der Waals surface area contributed by atoms with Crippen LogP contribution in [0.2, 0.25) is 5.02 Å². The third-order valence-electron chi connectivity index (χ3n) is 5.48. The van der Waals surface area contributed by atoms with E-state index in [4.69, 9.17) is 21.4 Å². The van der Waals surface area contributed by atoms with E-state index in [1.54, 1.807) is 5.01 Å². The summed E-state index contributed by atoms with van der Waals surface area (Å²) in [6, 6.07) is 15.5. The minimum atomic E-state index is -0.132. The number of likely N-dealkylation sites (tertiary alicyclic amines) is 1. The third kappa shape index (κ3) is 4.46. The largest absolute Gasteiger partial charge is 0.494 e. The molecule has 0 unspecified atom stereocenters. The summed E-state index contributed by atoms with van der Waals surface area (Å²) < 4.78 is 5.56. The molecule has 0 aromatic heterocycles. The molecule has 1 fully saturated rings. The molecule has 29 heavy (non-hydrogen) atoms. The summed E-state index contributed by atoms with van der Waals surface area (Å²) >= 11 is 6.41. The molecular weight excluding hydrogens is 386 g/mol. The monoisotopic (exact) mass is 411 g/mol. The molecule has 0 radical (unpaired) electrons. The highest BCUT2D eigenvalue weighted by molar-refractivity contribution is 6.34. The smallest absolute Gasteiger partial charge is 0.257 e. The second kappa shape index (κ2) is 8.97. The molecule has 1 amide bonds. The van der Waals surface area contributed by atoms with Gasteiger partial charge in [0, 0.05) is 17.0 Å². The van der Waals surface area contributed by atoms with Crippen molar-refractivity contribution in [3.05, 3.63) is 64.7 Å². The average molecular weight is 412 g/mol. The lowest BCUT2D eigenvalue weighted by Gasteiger charge is -2.24. The van der Waals surface area contributed by atoms with Crippen LogP contribution in [0.5, 0.6) is 5.75 Å². The molecule has 0 aliphatic carbocycles. The summed E-state index contributed by atoms with van der Waals surface area (Å²) in [5.41, 5.74) is 2.79. The number of hydrazone groups is 1. The third-order valence-corrected chi connectivity index (χ3v) is 5.81. The fourth-order valence-corrected chi connectivity index (χ4v) is 4.26. The number of halogens is 1. The molecule has 5 nitrogen and oxygen atoms in total. The molecule has 0 saturated carbocycles. The van der Waals surface area contributed by atoms with Crippen LogP contribution in [-0.2, 0) is 4.79 Å². The maximum absolute atomic E-state index is 13.1. The quantitative estimate of drug-likeness (QED) is 0.702. The fourth-order valence-electron chi connectivity index (χ4n) is 4.02. The first-order valence-electron chi connectivity index (χ1n) is 10.2. The number of amides is 1. The number of rotatable bonds is 6. The van der Waals surface area contributed by atoms with Gasteiger partial charge in [0.1, 0.15) is 5.75 Å².